The van der Waals surface area contributed by atoms with Crippen LogP contribution in [0.3, 0.4) is 0 Å². The lowest BCUT2D eigenvalue weighted by Gasteiger charge is -2.36. The molecule has 20 heteroatoms. The highest BCUT2D eigenvalue weighted by atomic mass is 16.6. The van der Waals surface area contributed by atoms with E-state index in [0.717, 1.165) is 81.3 Å². The number of ether oxygens (including phenoxy) is 5. The minimum absolute atomic E-state index is 0.0186. The van der Waals surface area contributed by atoms with Crippen LogP contribution in [0.5, 0.6) is 0 Å². The second-order valence-electron chi connectivity index (χ2n) is 26.4. The Morgan fingerprint density at radius 2 is 0.646 bits per heavy atom. The number of rotatable bonds is 37. The SMILES string of the molecule is [2H]C([2H])(C#CC([2H])([2H])N(C([2H])([2H])C([2H])([2H])[2H])C([2H])([2H])C([2H])([2H])[2H])OC(=O)C(O)(c1ccccc1)C1([2H])C([2H])([2H])C([2H])([2H])C([2H])([2H])C([2H])([2H])C1([2H])[2H].[2H]OC(C(=O)OCC#CCN(CC)CC)(c1ccccc1)C1([2H])C([2H])([2H])C([2H])([2H])C([2H])([2H])C([2H])([2H])C1([2H])[2H].[2H]OC(C(=O)OCC#CCN(CC)CC)(c1ccccc1)C1CCCCC1.[2H]c1c([2H])c([2H])c(C(O)(C(=O)OC([2H])([2H])C#CC([2H])([2H])N(C([2H])([2H])C([2H])([2H])[2H])C([2H])([2H])C([2H])([2H])[2H])C2([2H])C([2H])([2H])C([2H])([2H])C([2H])([2H])C([2H])([2H])C2([2H])[2H])c([2H])c1[2H].[2H]c1c([2H])c([2H])c(C(O)(C(=O)OC([2H])([2H])C#CC([2H])([2H])N(C([2H])([2H])C([2H])([2H])[2H])C([2H])([2H])C([2H])([2H])[2H])C2CCCCC2)c([2H])c1[2H]. The molecule has 0 spiro atoms. The molecule has 5 fully saturated rings. The van der Waals surface area contributed by atoms with E-state index in [1.54, 1.807) is 0 Å². The van der Waals surface area contributed by atoms with Crippen molar-refractivity contribution >= 4 is 29.8 Å². The van der Waals surface area contributed by atoms with Gasteiger partial charge in [-0.25, -0.2) is 24.0 Å². The first kappa shape index (κ1) is 38.3. The number of carbonyl (C=O) groups is 5. The molecule has 0 radical (unpaired) electrons. The summed E-state index contributed by atoms with van der Waals surface area (Å²) >= 11 is 0. The first-order valence-corrected chi connectivity index (χ1v) is 39.4. The van der Waals surface area contributed by atoms with Gasteiger partial charge in [-0.2, -0.15) is 0 Å². The summed E-state index contributed by atoms with van der Waals surface area (Å²) in [5.41, 5.74) is -21.1. The number of carbonyl (C=O) groups excluding carboxylic acids is 5. The Balaban J connectivity index is 0.000000412. The van der Waals surface area contributed by atoms with E-state index in [1.807, 2.05) is 49.1 Å². The van der Waals surface area contributed by atoms with Gasteiger partial charge in [-0.05, 0) is 157 Å². The molecular formula is C110H155N5O15. The molecule has 0 aliphatic heterocycles. The smallest absolute Gasteiger partial charge is 0.344 e. The molecule has 710 valence electrons. The van der Waals surface area contributed by atoms with Crippen LogP contribution in [0.15, 0.2) is 151 Å². The van der Waals surface area contributed by atoms with Crippen LogP contribution in [0.2, 0.25) is 0 Å². The summed E-state index contributed by atoms with van der Waals surface area (Å²) in [5, 5.41) is 45.9. The summed E-state index contributed by atoms with van der Waals surface area (Å²) in [4.78, 5) is 69.5. The lowest BCUT2D eigenvalue weighted by molar-refractivity contribution is -0.174. The minimum atomic E-state index is -5.08. The molecule has 5 atom stereocenters. The van der Waals surface area contributed by atoms with E-state index < -0.39 is 400 Å². The summed E-state index contributed by atoms with van der Waals surface area (Å²) in [5.74, 6) is -5.59. The van der Waals surface area contributed by atoms with Gasteiger partial charge in [0.25, 0.3) is 0 Å². The van der Waals surface area contributed by atoms with Crippen molar-refractivity contribution in [1.82, 2.24) is 24.5 Å². The molecule has 20 nitrogen and oxygen atoms in total. The van der Waals surface area contributed by atoms with E-state index in [4.69, 9.17) is 139 Å². The van der Waals surface area contributed by atoms with Gasteiger partial charge in [-0.3, -0.25) is 24.5 Å². The van der Waals surface area contributed by atoms with Gasteiger partial charge in [0.1, 0.15) is 0 Å². The van der Waals surface area contributed by atoms with Crippen molar-refractivity contribution in [3.05, 3.63) is 179 Å². The van der Waals surface area contributed by atoms with Crippen molar-refractivity contribution in [2.45, 2.75) is 257 Å². The summed E-state index contributed by atoms with van der Waals surface area (Å²) < 4.78 is 722. The fourth-order valence-electron chi connectivity index (χ4n) is 12.0. The van der Waals surface area contributed by atoms with Crippen LogP contribution in [0, 0.1) is 88.7 Å². The maximum absolute atomic E-state index is 14.1. The Morgan fingerprint density at radius 3 is 0.977 bits per heavy atom. The minimum Gasteiger partial charge on any atom is -0.450 e. The fraction of sp³-hybridized carbons (Fsp3) is 0.591. The number of hydrogen-bond donors (Lipinski definition) is 5. The number of nitrogens with zero attached hydrogens (tertiary/aromatic N) is 5. The molecule has 5 aliphatic carbocycles. The number of hydrogen-bond acceptors (Lipinski definition) is 20. The molecule has 0 aromatic heterocycles. The van der Waals surface area contributed by atoms with Crippen LogP contribution < -0.4 is 0 Å². The molecule has 5 aliphatic rings. The van der Waals surface area contributed by atoms with Crippen molar-refractivity contribution in [3.63, 3.8) is 0 Å². The standard InChI is InChI=1S/5C22H31NO3/c5*1-3-23(4-2)17-11-12-18-26-21(24)22(25,19-13-7-5-8-14-19)20-15-9-6-10-16-20/h5*5,7-8,13-14,20,25H,3-4,6,9-10,15-18H2,1-2H3/i1D3,2D3,3D2,4D2,5D,6D2,7D,8D,9D2,10D2,13D,14D,15D2,16D2,17D2,18D2,20D;1D3,2D3,3D2,4D2,6D2,9D2,10D2,15D2,16D2,17D2,18D2,20D;1D3,2D3,3D2,4D2,5D,7D,8D,13D,14D,17D2,18D2;6D2,9D2,10D2,15D2,16D2,20D,25D;25D. The predicted molar refractivity (Wildman–Crippen MR) is 517 cm³/mol. The molecule has 0 bridgehead atoms. The van der Waals surface area contributed by atoms with Gasteiger partial charge in [0.05, 0.1) is 62.7 Å². The second-order valence-corrected chi connectivity index (χ2v) is 26.4. The topological polar surface area (TPSA) is 249 Å². The summed E-state index contributed by atoms with van der Waals surface area (Å²) in [6.45, 7) is -61.5. The van der Waals surface area contributed by atoms with Crippen molar-refractivity contribution in [2.75, 3.05) is 131 Å². The molecule has 0 heterocycles. The maximum Gasteiger partial charge on any atom is 0.344 e. The van der Waals surface area contributed by atoms with E-state index >= 15 is 0 Å². The monoisotopic (exact) mass is 1870 g/mol. The Morgan fingerprint density at radius 1 is 0.362 bits per heavy atom. The first-order valence-electron chi connectivity index (χ1n) is 82.7. The normalized spacial score (nSPS) is 35.5. The third kappa shape index (κ3) is 33.8. The highest BCUT2D eigenvalue weighted by molar-refractivity contribution is 5.84. The zero-order valence-electron chi connectivity index (χ0n) is 158. The largest absolute Gasteiger partial charge is 0.450 e. The molecule has 5 saturated carbocycles. The fourth-order valence-corrected chi connectivity index (χ4v) is 12.0. The molecule has 130 heavy (non-hydrogen) atoms. The van der Waals surface area contributed by atoms with Gasteiger partial charge in [0.2, 0.25) is 2.86 Å². The van der Waals surface area contributed by atoms with Crippen molar-refractivity contribution in [2.24, 2.45) is 29.5 Å². The van der Waals surface area contributed by atoms with E-state index in [-0.39, 0.29) is 25.4 Å². The van der Waals surface area contributed by atoms with Crippen molar-refractivity contribution < 1.29 is 190 Å². The van der Waals surface area contributed by atoms with Crippen LogP contribution in [-0.2, 0) is 75.7 Å². The van der Waals surface area contributed by atoms with Crippen LogP contribution in [0.4, 0.5) is 0 Å². The quantitative estimate of drug-likeness (QED) is 0.0141. The maximum atomic E-state index is 14.1. The molecule has 0 amide bonds. The summed E-state index contributed by atoms with van der Waals surface area (Å²) in [6, 6.07) is 7.63. The van der Waals surface area contributed by atoms with Gasteiger partial charge >= 0.3 is 29.8 Å². The molecule has 5 unspecified atom stereocenters. The van der Waals surface area contributed by atoms with Crippen LogP contribution in [0.25, 0.3) is 0 Å². The Bertz CT molecular complexity index is 8440. The Labute approximate surface area is 902 Å². The van der Waals surface area contributed by atoms with Gasteiger partial charge in [-0.15, -0.1) is 0 Å². The van der Waals surface area contributed by atoms with Crippen molar-refractivity contribution in [3.8, 4) is 59.2 Å². The highest BCUT2D eigenvalue weighted by Crippen LogP contribution is 2.46. The van der Waals surface area contributed by atoms with Gasteiger partial charge in [-0.1, -0.05) is 375 Å². The highest BCUT2D eigenvalue weighted by Gasteiger charge is 2.52. The Hall–Kier alpha value is -9.15. The molecule has 5 N–H and O–H groups in total. The molecular weight excluding hydrogens is 1630 g/mol. The molecule has 10 rings (SSSR count). The van der Waals surface area contributed by atoms with E-state index in [1.165, 1.54) is 47.9 Å². The zero-order valence-corrected chi connectivity index (χ0v) is 70.5. The van der Waals surface area contributed by atoms with Crippen LogP contribution >= 0.6 is 0 Å². The summed E-state index contributed by atoms with van der Waals surface area (Å²) in [6.07, 6.45) is -57.2. The van der Waals surface area contributed by atoms with E-state index in [2.05, 4.69) is 57.0 Å². The average molecular weight is 1880 g/mol. The lowest BCUT2D eigenvalue weighted by atomic mass is 9.73. The third-order valence-electron chi connectivity index (χ3n) is 18.9. The van der Waals surface area contributed by atoms with Crippen molar-refractivity contribution in [1.29, 1.82) is 2.86 Å². The molecule has 0 saturated heterocycles. The lowest BCUT2D eigenvalue weighted by Crippen LogP contribution is -2.45. The Kier molecular flexibility index (Phi) is 18.1. The van der Waals surface area contributed by atoms with Crippen LogP contribution in [0.1, 0.15) is 373 Å². The average Bonchev–Trinajstić information content (AvgIpc) is 0.641. The van der Waals surface area contributed by atoms with Crippen LogP contribution in [-0.4, -0.2) is 213 Å². The number of aliphatic hydroxyl groups is 5. The number of benzene rings is 5. The van der Waals surface area contributed by atoms with Gasteiger partial charge in [0, 0.05) is 116 Å². The predicted octanol–water partition coefficient (Wildman–Crippen LogP) is 16.7. The van der Waals surface area contributed by atoms with E-state index in [9.17, 15) is 39.3 Å². The number of esters is 5. The third-order valence-corrected chi connectivity index (χ3v) is 18.9. The molecule has 5 aromatic rings. The second kappa shape index (κ2) is 61.5. The molecule has 5 aromatic carbocycles. The summed E-state index contributed by atoms with van der Waals surface area (Å²) in [7, 11) is 0. The zero-order chi connectivity index (χ0) is 170. The first-order chi connectivity index (χ1) is 96.7. The van der Waals surface area contributed by atoms with Gasteiger partial charge < -0.3 is 49.2 Å². The van der Waals surface area contributed by atoms with Gasteiger partial charge in [0.15, 0.2) is 60.9 Å². The van der Waals surface area contributed by atoms with E-state index in [0.29, 0.717) is 63.1 Å².